The molecule has 0 radical (unpaired) electrons. The summed E-state index contributed by atoms with van der Waals surface area (Å²) in [5.41, 5.74) is 5.79. The van der Waals surface area contributed by atoms with E-state index in [1.165, 1.54) is 4.90 Å². The predicted octanol–water partition coefficient (Wildman–Crippen LogP) is -1.09. The Bertz CT molecular complexity index is 429. The molecule has 1 fully saturated rings. The third-order valence-electron chi connectivity index (χ3n) is 4.18. The number of carboxylic acids is 1. The molecule has 0 aliphatic carbocycles. The van der Waals surface area contributed by atoms with Crippen LogP contribution in [0.15, 0.2) is 0 Å². The largest absolute Gasteiger partial charge is 0.480 e. The number of hydrogen-bond donors (Lipinski definition) is 4. The van der Waals surface area contributed by atoms with E-state index >= 15 is 0 Å². The third kappa shape index (κ3) is 4.17. The number of nitrogens with zero attached hydrogens (tertiary/aromatic N) is 1. The number of carbonyl (C=O) groups is 3. The Morgan fingerprint density at radius 3 is 2.55 bits per heavy atom. The van der Waals surface area contributed by atoms with Crippen LogP contribution < -0.4 is 11.1 Å². The molecule has 22 heavy (non-hydrogen) atoms. The number of likely N-dealkylation sites (tertiary alicyclic amines) is 1. The lowest BCUT2D eigenvalue weighted by molar-refractivity contribution is -0.150. The van der Waals surface area contributed by atoms with Crippen LogP contribution in [0.2, 0.25) is 0 Å². The van der Waals surface area contributed by atoms with E-state index in [0.717, 1.165) is 0 Å². The minimum Gasteiger partial charge on any atom is -0.480 e. The van der Waals surface area contributed by atoms with E-state index < -0.39 is 42.5 Å². The van der Waals surface area contributed by atoms with Crippen molar-refractivity contribution < 1.29 is 24.6 Å². The molecule has 126 valence electrons. The Balaban J connectivity index is 2.73. The van der Waals surface area contributed by atoms with Gasteiger partial charge in [-0.05, 0) is 18.8 Å². The zero-order valence-electron chi connectivity index (χ0n) is 13.0. The number of aliphatic carboxylic acids is 1. The third-order valence-corrected chi connectivity index (χ3v) is 4.18. The molecule has 1 saturated heterocycles. The fraction of sp³-hybridized carbons (Fsp3) is 0.786. The Kier molecular flexibility index (Phi) is 6.76. The molecule has 0 bridgehead atoms. The summed E-state index contributed by atoms with van der Waals surface area (Å²) in [6.07, 6.45) is 1.67. The van der Waals surface area contributed by atoms with Crippen molar-refractivity contribution in [2.45, 2.75) is 51.2 Å². The first-order valence-corrected chi connectivity index (χ1v) is 7.53. The number of nitrogens with two attached hydrogens (primary N) is 1. The van der Waals surface area contributed by atoms with Crippen molar-refractivity contribution in [1.82, 2.24) is 10.2 Å². The van der Waals surface area contributed by atoms with Gasteiger partial charge < -0.3 is 26.2 Å². The SMILES string of the molecule is CC[C@H](C)[C@H](N)C(=O)N[C@@H](CO)C(=O)N1CCC[C@H]1C(=O)O. The Labute approximate surface area is 129 Å². The minimum absolute atomic E-state index is 0.0620. The highest BCUT2D eigenvalue weighted by Gasteiger charge is 2.37. The molecule has 1 heterocycles. The van der Waals surface area contributed by atoms with Gasteiger partial charge in [0.2, 0.25) is 11.8 Å². The Morgan fingerprint density at radius 1 is 1.41 bits per heavy atom. The summed E-state index contributed by atoms with van der Waals surface area (Å²) >= 11 is 0. The highest BCUT2D eigenvalue weighted by molar-refractivity contribution is 5.92. The highest BCUT2D eigenvalue weighted by atomic mass is 16.4. The fourth-order valence-electron chi connectivity index (χ4n) is 2.45. The summed E-state index contributed by atoms with van der Waals surface area (Å²) in [5.74, 6) is -2.25. The number of aliphatic hydroxyl groups is 1. The maximum atomic E-state index is 12.3. The monoisotopic (exact) mass is 315 g/mol. The van der Waals surface area contributed by atoms with Crippen molar-refractivity contribution in [3.63, 3.8) is 0 Å². The molecule has 0 aromatic heterocycles. The molecule has 4 atom stereocenters. The van der Waals surface area contributed by atoms with Crippen LogP contribution >= 0.6 is 0 Å². The first kappa shape index (κ1) is 18.4. The average Bonchev–Trinajstić information content (AvgIpc) is 2.99. The van der Waals surface area contributed by atoms with Gasteiger partial charge in [0.05, 0.1) is 12.6 Å². The van der Waals surface area contributed by atoms with E-state index in [1.54, 1.807) is 0 Å². The minimum atomic E-state index is -1.16. The van der Waals surface area contributed by atoms with Gasteiger partial charge in [0.25, 0.3) is 0 Å². The van der Waals surface area contributed by atoms with Gasteiger partial charge in [-0.3, -0.25) is 9.59 Å². The van der Waals surface area contributed by atoms with Crippen LogP contribution in [0.5, 0.6) is 0 Å². The second kappa shape index (κ2) is 8.09. The van der Waals surface area contributed by atoms with Crippen LogP contribution in [0, 0.1) is 5.92 Å². The molecule has 2 amide bonds. The van der Waals surface area contributed by atoms with Gasteiger partial charge in [0.1, 0.15) is 12.1 Å². The predicted molar refractivity (Wildman–Crippen MR) is 78.8 cm³/mol. The van der Waals surface area contributed by atoms with Crippen molar-refractivity contribution in [3.05, 3.63) is 0 Å². The number of rotatable bonds is 7. The zero-order chi connectivity index (χ0) is 16.9. The zero-order valence-corrected chi connectivity index (χ0v) is 13.0. The first-order chi connectivity index (χ1) is 10.3. The Morgan fingerprint density at radius 2 is 2.05 bits per heavy atom. The van der Waals surface area contributed by atoms with Gasteiger partial charge in [0.15, 0.2) is 0 Å². The van der Waals surface area contributed by atoms with Gasteiger partial charge in [0, 0.05) is 6.54 Å². The summed E-state index contributed by atoms with van der Waals surface area (Å²) in [6.45, 7) is 3.43. The van der Waals surface area contributed by atoms with Crippen LogP contribution in [0.1, 0.15) is 33.1 Å². The van der Waals surface area contributed by atoms with Crippen molar-refractivity contribution in [1.29, 1.82) is 0 Å². The van der Waals surface area contributed by atoms with Gasteiger partial charge in [-0.25, -0.2) is 4.79 Å². The summed E-state index contributed by atoms with van der Waals surface area (Å²) in [6, 6.07) is -2.84. The summed E-state index contributed by atoms with van der Waals surface area (Å²) in [4.78, 5) is 36.7. The van der Waals surface area contributed by atoms with E-state index in [1.807, 2.05) is 13.8 Å². The second-order valence-electron chi connectivity index (χ2n) is 5.68. The van der Waals surface area contributed by atoms with Crippen molar-refractivity contribution >= 4 is 17.8 Å². The van der Waals surface area contributed by atoms with Crippen LogP contribution in [0.25, 0.3) is 0 Å². The van der Waals surface area contributed by atoms with E-state index in [0.29, 0.717) is 25.8 Å². The number of amides is 2. The van der Waals surface area contributed by atoms with Crippen molar-refractivity contribution in [3.8, 4) is 0 Å². The molecular weight excluding hydrogens is 290 g/mol. The molecule has 1 rings (SSSR count). The lowest BCUT2D eigenvalue weighted by atomic mass is 9.99. The van der Waals surface area contributed by atoms with Gasteiger partial charge in [-0.15, -0.1) is 0 Å². The normalized spacial score (nSPS) is 22.0. The number of aliphatic hydroxyl groups excluding tert-OH is 1. The highest BCUT2D eigenvalue weighted by Crippen LogP contribution is 2.18. The van der Waals surface area contributed by atoms with Crippen LogP contribution in [-0.4, -0.2) is 64.2 Å². The summed E-state index contributed by atoms with van der Waals surface area (Å²) < 4.78 is 0. The van der Waals surface area contributed by atoms with E-state index in [4.69, 9.17) is 10.8 Å². The number of nitrogens with one attached hydrogen (secondary N) is 1. The molecule has 1 aliphatic rings. The van der Waals surface area contributed by atoms with E-state index in [9.17, 15) is 19.5 Å². The molecule has 0 saturated carbocycles. The Hall–Kier alpha value is -1.67. The maximum Gasteiger partial charge on any atom is 0.326 e. The van der Waals surface area contributed by atoms with Gasteiger partial charge in [-0.1, -0.05) is 20.3 Å². The molecule has 5 N–H and O–H groups in total. The number of carboxylic acid groups (broad SMARTS) is 1. The molecular formula is C14H25N3O5. The van der Waals surface area contributed by atoms with Crippen LogP contribution in [0.4, 0.5) is 0 Å². The molecule has 8 heteroatoms. The molecule has 0 aromatic rings. The first-order valence-electron chi connectivity index (χ1n) is 7.53. The lowest BCUT2D eigenvalue weighted by Crippen LogP contribution is -2.56. The lowest BCUT2D eigenvalue weighted by Gasteiger charge is -2.27. The fourth-order valence-corrected chi connectivity index (χ4v) is 2.45. The summed E-state index contributed by atoms with van der Waals surface area (Å²) in [5, 5.41) is 20.9. The molecule has 0 spiro atoms. The van der Waals surface area contributed by atoms with Crippen molar-refractivity contribution in [2.24, 2.45) is 11.7 Å². The van der Waals surface area contributed by atoms with Gasteiger partial charge in [-0.2, -0.15) is 0 Å². The molecule has 0 aromatic carbocycles. The summed E-state index contributed by atoms with van der Waals surface area (Å²) in [7, 11) is 0. The average molecular weight is 315 g/mol. The van der Waals surface area contributed by atoms with Crippen molar-refractivity contribution in [2.75, 3.05) is 13.2 Å². The smallest absolute Gasteiger partial charge is 0.326 e. The number of carbonyl (C=O) groups excluding carboxylic acids is 2. The van der Waals surface area contributed by atoms with Gasteiger partial charge >= 0.3 is 5.97 Å². The van der Waals surface area contributed by atoms with Crippen LogP contribution in [0.3, 0.4) is 0 Å². The standard InChI is InChI=1S/C14H25N3O5/c1-3-8(2)11(15)12(19)16-9(7-18)13(20)17-6-4-5-10(17)14(21)22/h8-11,18H,3-7,15H2,1-2H3,(H,16,19)(H,21,22)/t8-,9-,10-,11-/m0/s1. The van der Waals surface area contributed by atoms with E-state index in [2.05, 4.69) is 5.32 Å². The van der Waals surface area contributed by atoms with E-state index in [-0.39, 0.29) is 5.92 Å². The molecule has 8 nitrogen and oxygen atoms in total. The maximum absolute atomic E-state index is 12.3. The topological polar surface area (TPSA) is 133 Å². The quantitative estimate of drug-likeness (QED) is 0.472. The second-order valence-corrected chi connectivity index (χ2v) is 5.68. The van der Waals surface area contributed by atoms with Crippen LogP contribution in [-0.2, 0) is 14.4 Å². The molecule has 1 aliphatic heterocycles. The number of hydrogen-bond acceptors (Lipinski definition) is 5. The molecule has 0 unspecified atom stereocenters.